The molecule has 0 saturated heterocycles. The second kappa shape index (κ2) is 19.7. The Kier molecular flexibility index (Phi) is 14.9. The number of rotatable bonds is 18. The van der Waals surface area contributed by atoms with E-state index < -0.39 is 42.1 Å². The number of hydrogen-bond acceptors (Lipinski definition) is 9. The maximum Gasteiger partial charge on any atom is 0.408 e. The predicted octanol–water partition coefficient (Wildman–Crippen LogP) is 4.22. The maximum atomic E-state index is 13.9. The van der Waals surface area contributed by atoms with Crippen LogP contribution in [0.2, 0.25) is 0 Å². The molecule has 6 N–H and O–H groups in total. The van der Waals surface area contributed by atoms with E-state index in [0.29, 0.717) is 17.1 Å². The summed E-state index contributed by atoms with van der Waals surface area (Å²) in [6, 6.07) is 27.2. The average molecular weight is 713 g/mol. The highest BCUT2D eigenvalue weighted by atomic mass is 16.5. The Morgan fingerprint density at radius 1 is 0.692 bits per heavy atom. The number of nitrogens with one attached hydrogen (secondary N) is 4. The van der Waals surface area contributed by atoms with Gasteiger partial charge in [-0.1, -0.05) is 86.6 Å². The van der Waals surface area contributed by atoms with Crippen molar-refractivity contribution in [3.05, 3.63) is 125 Å². The van der Waals surface area contributed by atoms with E-state index in [-0.39, 0.29) is 37.8 Å². The largest absolute Gasteiger partial charge is 0.507 e. The Bertz CT molecular complexity index is 1720. The molecule has 0 bridgehead atoms. The molecule has 0 heterocycles. The van der Waals surface area contributed by atoms with Crippen LogP contribution in [0, 0.1) is 5.92 Å². The van der Waals surface area contributed by atoms with Crippen LogP contribution >= 0.6 is 0 Å². The van der Waals surface area contributed by atoms with Crippen LogP contribution in [-0.4, -0.2) is 66.6 Å². The summed E-state index contributed by atoms with van der Waals surface area (Å²) in [6.45, 7) is 3.75. The van der Waals surface area contributed by atoms with Gasteiger partial charge >= 0.3 is 6.09 Å². The first-order valence-electron chi connectivity index (χ1n) is 17.1. The van der Waals surface area contributed by atoms with Gasteiger partial charge in [0.15, 0.2) is 0 Å². The molecule has 4 rings (SSSR count). The first-order valence-corrected chi connectivity index (χ1v) is 17.1. The van der Waals surface area contributed by atoms with Crippen molar-refractivity contribution in [2.45, 2.75) is 64.2 Å². The molecule has 0 fully saturated rings. The fourth-order valence-electron chi connectivity index (χ4n) is 5.51. The quantitative estimate of drug-likeness (QED) is 0.0886. The molecular weight excluding hydrogens is 664 g/mol. The molecule has 0 aliphatic heterocycles. The fraction of sp³-hybridized carbons (Fsp3) is 0.325. The van der Waals surface area contributed by atoms with Crippen LogP contribution in [0.3, 0.4) is 0 Å². The van der Waals surface area contributed by atoms with Crippen molar-refractivity contribution in [1.82, 2.24) is 21.3 Å². The van der Waals surface area contributed by atoms with Crippen molar-refractivity contribution in [3.63, 3.8) is 0 Å². The van der Waals surface area contributed by atoms with Gasteiger partial charge in [0.1, 0.15) is 35.9 Å². The molecule has 12 heteroatoms. The standard InChI is InChI=1S/C40H48N4O8/c1-26(2)35(44-40(49)52-25-29-13-9-6-10-14-29)39(48)43-33(21-27-11-7-5-8-12-27)37(46)36(41-23-28-15-18-31(50-3)19-16-28)38(47)42-24-30-17-20-32(51-4)22-34(30)45/h5-20,22,26,33,35-37,41,45-46H,21,23-25H2,1-4H3,(H,42,47)(H,43,48)(H,44,49)/t33-,35-,36+,37+/m0/s1. The molecule has 3 amide bonds. The molecular formula is C40H48N4O8. The van der Waals surface area contributed by atoms with Gasteiger partial charge in [-0.3, -0.25) is 14.9 Å². The third-order valence-corrected chi connectivity index (χ3v) is 8.53. The number of phenolic OH excluding ortho intramolecular Hbond substituents is 1. The third kappa shape index (κ3) is 11.7. The highest BCUT2D eigenvalue weighted by Gasteiger charge is 2.36. The average Bonchev–Trinajstić information content (AvgIpc) is 3.16. The smallest absolute Gasteiger partial charge is 0.408 e. The zero-order valence-corrected chi connectivity index (χ0v) is 29.9. The maximum absolute atomic E-state index is 13.9. The first kappa shape index (κ1) is 39.2. The number of benzene rings is 4. The Morgan fingerprint density at radius 2 is 1.31 bits per heavy atom. The van der Waals surface area contributed by atoms with Gasteiger partial charge in [0.05, 0.1) is 26.4 Å². The number of carbonyl (C=O) groups is 3. The minimum Gasteiger partial charge on any atom is -0.507 e. The minimum absolute atomic E-state index is 0.0272. The molecule has 276 valence electrons. The first-order chi connectivity index (χ1) is 25.1. The van der Waals surface area contributed by atoms with Gasteiger partial charge in [-0.05, 0) is 53.3 Å². The summed E-state index contributed by atoms with van der Waals surface area (Å²) < 4.78 is 15.8. The molecule has 0 saturated carbocycles. The van der Waals surface area contributed by atoms with E-state index in [2.05, 4.69) is 21.3 Å². The van der Waals surface area contributed by atoms with Crippen LogP contribution in [0.15, 0.2) is 103 Å². The minimum atomic E-state index is -1.45. The summed E-state index contributed by atoms with van der Waals surface area (Å²) >= 11 is 0. The van der Waals surface area contributed by atoms with Gasteiger partial charge in [-0.25, -0.2) is 4.79 Å². The molecule has 0 spiro atoms. The summed E-state index contributed by atoms with van der Waals surface area (Å²) in [5, 5.41) is 34.1. The monoisotopic (exact) mass is 712 g/mol. The molecule has 12 nitrogen and oxygen atoms in total. The van der Waals surface area contributed by atoms with Crippen LogP contribution in [0.4, 0.5) is 4.79 Å². The highest BCUT2D eigenvalue weighted by Crippen LogP contribution is 2.23. The van der Waals surface area contributed by atoms with E-state index >= 15 is 0 Å². The number of aliphatic hydroxyl groups excluding tert-OH is 1. The van der Waals surface area contributed by atoms with Crippen molar-refractivity contribution in [2.24, 2.45) is 5.92 Å². The van der Waals surface area contributed by atoms with Gasteiger partial charge in [0, 0.05) is 24.7 Å². The van der Waals surface area contributed by atoms with Gasteiger partial charge in [-0.15, -0.1) is 0 Å². The topological polar surface area (TPSA) is 167 Å². The van der Waals surface area contributed by atoms with E-state index in [1.807, 2.05) is 72.8 Å². The molecule has 52 heavy (non-hydrogen) atoms. The number of alkyl carbamates (subject to hydrolysis) is 1. The lowest BCUT2D eigenvalue weighted by atomic mass is 9.94. The Hall–Kier alpha value is -5.59. The number of ether oxygens (including phenoxy) is 3. The van der Waals surface area contributed by atoms with Crippen molar-refractivity contribution in [2.75, 3.05) is 14.2 Å². The van der Waals surface area contributed by atoms with Crippen molar-refractivity contribution < 1.29 is 38.8 Å². The lowest BCUT2D eigenvalue weighted by Gasteiger charge is -2.32. The molecule has 0 aliphatic carbocycles. The van der Waals surface area contributed by atoms with Crippen LogP contribution in [0.25, 0.3) is 0 Å². The number of hydrogen-bond donors (Lipinski definition) is 6. The van der Waals surface area contributed by atoms with Crippen LogP contribution in [0.5, 0.6) is 17.2 Å². The lowest BCUT2D eigenvalue weighted by Crippen LogP contribution is -2.61. The van der Waals surface area contributed by atoms with Crippen molar-refractivity contribution in [3.8, 4) is 17.2 Å². The summed E-state index contributed by atoms with van der Waals surface area (Å²) in [6.07, 6.45) is -2.05. The summed E-state index contributed by atoms with van der Waals surface area (Å²) in [5.41, 5.74) is 2.86. The van der Waals surface area contributed by atoms with Gasteiger partial charge in [0.2, 0.25) is 11.8 Å². The summed E-state index contributed by atoms with van der Waals surface area (Å²) in [5.74, 6) is -0.397. The number of methoxy groups -OCH3 is 2. The molecule has 4 aromatic rings. The van der Waals surface area contributed by atoms with Crippen molar-refractivity contribution >= 4 is 17.9 Å². The Labute approximate surface area is 304 Å². The van der Waals surface area contributed by atoms with Crippen LogP contribution < -0.4 is 30.7 Å². The second-order valence-electron chi connectivity index (χ2n) is 12.6. The normalized spacial score (nSPS) is 13.3. The molecule has 4 aromatic carbocycles. The molecule has 4 atom stereocenters. The van der Waals surface area contributed by atoms with Gasteiger partial charge in [-0.2, -0.15) is 0 Å². The van der Waals surface area contributed by atoms with E-state index in [9.17, 15) is 24.6 Å². The zero-order chi connectivity index (χ0) is 37.5. The number of phenols is 1. The second-order valence-corrected chi connectivity index (χ2v) is 12.6. The zero-order valence-electron chi connectivity index (χ0n) is 29.9. The van der Waals surface area contributed by atoms with E-state index in [1.165, 1.54) is 13.2 Å². The number of aliphatic hydroxyl groups is 1. The SMILES string of the molecule is COc1ccc(CN[C@@H](C(=O)NCc2ccc(OC)cc2O)[C@H](O)[C@H](Cc2ccccc2)NC(=O)[C@@H](NC(=O)OCc2ccccc2)C(C)C)cc1. The molecule has 0 aromatic heterocycles. The summed E-state index contributed by atoms with van der Waals surface area (Å²) in [7, 11) is 3.05. The molecule has 0 unspecified atom stereocenters. The third-order valence-electron chi connectivity index (χ3n) is 8.53. The van der Waals surface area contributed by atoms with Crippen molar-refractivity contribution in [1.29, 1.82) is 0 Å². The number of amides is 3. The Morgan fingerprint density at radius 3 is 1.90 bits per heavy atom. The van der Waals surface area contributed by atoms with E-state index in [1.54, 1.807) is 45.2 Å². The van der Waals surface area contributed by atoms with Gasteiger partial charge in [0.25, 0.3) is 0 Å². The summed E-state index contributed by atoms with van der Waals surface area (Å²) in [4.78, 5) is 40.6. The van der Waals surface area contributed by atoms with E-state index in [4.69, 9.17) is 14.2 Å². The molecule has 0 aliphatic rings. The predicted molar refractivity (Wildman–Crippen MR) is 197 cm³/mol. The van der Waals surface area contributed by atoms with Crippen LogP contribution in [0.1, 0.15) is 36.1 Å². The van der Waals surface area contributed by atoms with E-state index in [0.717, 1.165) is 16.7 Å². The Balaban J connectivity index is 1.56. The number of carbonyl (C=O) groups excluding carboxylic acids is 3. The lowest BCUT2D eigenvalue weighted by molar-refractivity contribution is -0.130. The number of aromatic hydroxyl groups is 1. The molecule has 0 radical (unpaired) electrons. The van der Waals surface area contributed by atoms with Crippen LogP contribution in [-0.2, 0) is 40.4 Å². The highest BCUT2D eigenvalue weighted by molar-refractivity contribution is 5.86. The fourth-order valence-corrected chi connectivity index (χ4v) is 5.51. The van der Waals surface area contributed by atoms with Gasteiger partial charge < -0.3 is 40.4 Å².